The van der Waals surface area contributed by atoms with Gasteiger partial charge >= 0.3 is 12.1 Å². The van der Waals surface area contributed by atoms with Gasteiger partial charge in [0.15, 0.2) is 0 Å². The normalized spacial score (nSPS) is 23.9. The number of likely N-dealkylation sites (tertiary alicyclic amines) is 1. The molecule has 0 unspecified atom stereocenters. The SMILES string of the molecule is CC[C@@H]1CC[C@@H](C(=O)OC)N1C(=O)OC(C)(C)C. The maximum absolute atomic E-state index is 12.2. The summed E-state index contributed by atoms with van der Waals surface area (Å²) in [5, 5.41) is 0. The van der Waals surface area contributed by atoms with Gasteiger partial charge in [0.05, 0.1) is 7.11 Å². The zero-order valence-corrected chi connectivity index (χ0v) is 11.9. The summed E-state index contributed by atoms with van der Waals surface area (Å²) in [5.41, 5.74) is -0.557. The summed E-state index contributed by atoms with van der Waals surface area (Å²) < 4.78 is 10.1. The number of hydrogen-bond acceptors (Lipinski definition) is 4. The van der Waals surface area contributed by atoms with Crippen LogP contribution in [0.2, 0.25) is 0 Å². The van der Waals surface area contributed by atoms with E-state index in [4.69, 9.17) is 9.47 Å². The summed E-state index contributed by atoms with van der Waals surface area (Å²) in [4.78, 5) is 25.4. The van der Waals surface area contributed by atoms with Gasteiger partial charge in [-0.3, -0.25) is 4.90 Å². The standard InChI is InChI=1S/C13H23NO4/c1-6-9-7-8-10(11(15)17-5)14(9)12(16)18-13(2,3)4/h9-10H,6-8H2,1-5H3/t9-,10+/m1/s1. The minimum atomic E-state index is -0.557. The van der Waals surface area contributed by atoms with Crippen molar-refractivity contribution in [1.29, 1.82) is 0 Å². The predicted molar refractivity (Wildman–Crippen MR) is 67.2 cm³/mol. The molecule has 0 radical (unpaired) electrons. The molecule has 0 N–H and O–H groups in total. The fourth-order valence-corrected chi connectivity index (χ4v) is 2.24. The molecular formula is C13H23NO4. The van der Waals surface area contributed by atoms with Crippen LogP contribution in [0.3, 0.4) is 0 Å². The Hall–Kier alpha value is -1.26. The lowest BCUT2D eigenvalue weighted by Gasteiger charge is -2.31. The molecule has 1 heterocycles. The summed E-state index contributed by atoms with van der Waals surface area (Å²) in [6.45, 7) is 7.45. The third-order valence-corrected chi connectivity index (χ3v) is 3.05. The summed E-state index contributed by atoms with van der Waals surface area (Å²) in [5.74, 6) is -0.364. The molecule has 1 rings (SSSR count). The van der Waals surface area contributed by atoms with Gasteiger partial charge in [0, 0.05) is 6.04 Å². The van der Waals surface area contributed by atoms with Crippen LogP contribution in [0.5, 0.6) is 0 Å². The highest BCUT2D eigenvalue weighted by molar-refractivity contribution is 5.82. The zero-order valence-electron chi connectivity index (χ0n) is 11.9. The molecule has 0 saturated carbocycles. The van der Waals surface area contributed by atoms with Gasteiger partial charge in [-0.25, -0.2) is 9.59 Å². The molecule has 1 aliphatic heterocycles. The van der Waals surface area contributed by atoms with Gasteiger partial charge in [-0.05, 0) is 40.0 Å². The largest absolute Gasteiger partial charge is 0.467 e. The first kappa shape index (κ1) is 14.8. The van der Waals surface area contributed by atoms with E-state index in [1.165, 1.54) is 12.0 Å². The molecule has 104 valence electrons. The molecule has 5 nitrogen and oxygen atoms in total. The highest BCUT2D eigenvalue weighted by atomic mass is 16.6. The van der Waals surface area contributed by atoms with Crippen LogP contribution >= 0.6 is 0 Å². The molecule has 1 saturated heterocycles. The quantitative estimate of drug-likeness (QED) is 0.712. The van der Waals surface area contributed by atoms with Crippen LogP contribution in [-0.2, 0) is 14.3 Å². The van der Waals surface area contributed by atoms with E-state index in [1.807, 2.05) is 27.7 Å². The third kappa shape index (κ3) is 3.37. The van der Waals surface area contributed by atoms with Gasteiger partial charge in [-0.1, -0.05) is 6.92 Å². The van der Waals surface area contributed by atoms with Crippen molar-refractivity contribution in [2.75, 3.05) is 7.11 Å². The van der Waals surface area contributed by atoms with E-state index in [-0.39, 0.29) is 12.0 Å². The number of carbonyl (C=O) groups is 2. The minimum absolute atomic E-state index is 0.0592. The summed E-state index contributed by atoms with van der Waals surface area (Å²) in [6.07, 6.45) is 1.84. The van der Waals surface area contributed by atoms with Crippen molar-refractivity contribution in [3.63, 3.8) is 0 Å². The van der Waals surface area contributed by atoms with Crippen LogP contribution in [0.15, 0.2) is 0 Å². The Bertz CT molecular complexity index is 321. The maximum Gasteiger partial charge on any atom is 0.411 e. The number of carbonyl (C=O) groups excluding carboxylic acids is 2. The van der Waals surface area contributed by atoms with Crippen LogP contribution in [0.4, 0.5) is 4.79 Å². The minimum Gasteiger partial charge on any atom is -0.467 e. The average Bonchev–Trinajstić information content (AvgIpc) is 2.69. The number of rotatable bonds is 2. The molecule has 0 bridgehead atoms. The van der Waals surface area contributed by atoms with Crippen molar-refractivity contribution < 1.29 is 19.1 Å². The second-order valence-corrected chi connectivity index (χ2v) is 5.57. The first-order chi connectivity index (χ1) is 8.30. The predicted octanol–water partition coefficient (Wildman–Crippen LogP) is 2.34. The van der Waals surface area contributed by atoms with Crippen molar-refractivity contribution in [1.82, 2.24) is 4.90 Å². The van der Waals surface area contributed by atoms with E-state index in [2.05, 4.69) is 0 Å². The molecule has 0 aromatic heterocycles. The maximum atomic E-state index is 12.2. The number of methoxy groups -OCH3 is 1. The van der Waals surface area contributed by atoms with Crippen LogP contribution in [0, 0.1) is 0 Å². The molecule has 0 aromatic rings. The Labute approximate surface area is 108 Å². The topological polar surface area (TPSA) is 55.8 Å². The zero-order chi connectivity index (χ0) is 13.9. The van der Waals surface area contributed by atoms with E-state index < -0.39 is 17.7 Å². The summed E-state index contributed by atoms with van der Waals surface area (Å²) in [6, 6.07) is -0.446. The van der Waals surface area contributed by atoms with Crippen molar-refractivity contribution in [3.8, 4) is 0 Å². The highest BCUT2D eigenvalue weighted by Gasteiger charge is 2.42. The van der Waals surface area contributed by atoms with Crippen LogP contribution in [-0.4, -0.2) is 41.8 Å². The van der Waals surface area contributed by atoms with E-state index in [1.54, 1.807) is 0 Å². The van der Waals surface area contributed by atoms with Gasteiger partial charge < -0.3 is 9.47 Å². The van der Waals surface area contributed by atoms with Crippen molar-refractivity contribution in [3.05, 3.63) is 0 Å². The molecule has 1 aliphatic rings. The lowest BCUT2D eigenvalue weighted by Crippen LogP contribution is -2.47. The molecule has 0 aliphatic carbocycles. The van der Waals surface area contributed by atoms with Gasteiger partial charge in [0.25, 0.3) is 0 Å². The van der Waals surface area contributed by atoms with E-state index in [0.717, 1.165) is 12.8 Å². The second kappa shape index (κ2) is 5.59. The molecule has 0 aromatic carbocycles. The first-order valence-electron chi connectivity index (χ1n) is 6.39. The lowest BCUT2D eigenvalue weighted by atomic mass is 10.1. The number of hydrogen-bond donors (Lipinski definition) is 0. The van der Waals surface area contributed by atoms with Gasteiger partial charge in [-0.15, -0.1) is 0 Å². The van der Waals surface area contributed by atoms with Crippen LogP contribution < -0.4 is 0 Å². The number of nitrogens with zero attached hydrogens (tertiary/aromatic N) is 1. The fourth-order valence-electron chi connectivity index (χ4n) is 2.24. The number of amides is 1. The fraction of sp³-hybridized carbons (Fsp3) is 0.846. The van der Waals surface area contributed by atoms with Gasteiger partial charge in [0.2, 0.25) is 0 Å². The van der Waals surface area contributed by atoms with E-state index >= 15 is 0 Å². The Morgan fingerprint density at radius 1 is 1.28 bits per heavy atom. The molecule has 5 heteroatoms. The van der Waals surface area contributed by atoms with E-state index in [0.29, 0.717) is 6.42 Å². The molecule has 0 spiro atoms. The van der Waals surface area contributed by atoms with Crippen molar-refractivity contribution >= 4 is 12.1 Å². The number of ether oxygens (including phenoxy) is 2. The monoisotopic (exact) mass is 257 g/mol. The van der Waals surface area contributed by atoms with E-state index in [9.17, 15) is 9.59 Å². The second-order valence-electron chi connectivity index (χ2n) is 5.57. The number of esters is 1. The Morgan fingerprint density at radius 3 is 2.33 bits per heavy atom. The molecule has 2 atom stereocenters. The molecular weight excluding hydrogens is 234 g/mol. The lowest BCUT2D eigenvalue weighted by molar-refractivity contribution is -0.146. The Morgan fingerprint density at radius 2 is 1.89 bits per heavy atom. The van der Waals surface area contributed by atoms with Crippen molar-refractivity contribution in [2.45, 2.75) is 64.6 Å². The summed E-state index contributed by atoms with van der Waals surface area (Å²) >= 11 is 0. The summed E-state index contributed by atoms with van der Waals surface area (Å²) in [7, 11) is 1.34. The van der Waals surface area contributed by atoms with Gasteiger partial charge in [-0.2, -0.15) is 0 Å². The highest BCUT2D eigenvalue weighted by Crippen LogP contribution is 2.29. The molecule has 1 amide bonds. The molecule has 1 fully saturated rings. The Kier molecular flexibility index (Phi) is 4.59. The van der Waals surface area contributed by atoms with Crippen LogP contribution in [0.1, 0.15) is 47.0 Å². The molecule has 18 heavy (non-hydrogen) atoms. The Balaban J connectivity index is 2.84. The average molecular weight is 257 g/mol. The van der Waals surface area contributed by atoms with Gasteiger partial charge in [0.1, 0.15) is 11.6 Å². The third-order valence-electron chi connectivity index (χ3n) is 3.05. The smallest absolute Gasteiger partial charge is 0.411 e. The first-order valence-corrected chi connectivity index (χ1v) is 6.39. The van der Waals surface area contributed by atoms with Crippen LogP contribution in [0.25, 0.3) is 0 Å². The van der Waals surface area contributed by atoms with Crippen molar-refractivity contribution in [2.24, 2.45) is 0 Å².